The second kappa shape index (κ2) is 11.5. The first kappa shape index (κ1) is 23.7. The third-order valence-corrected chi connectivity index (χ3v) is 5.35. The van der Waals surface area contributed by atoms with Gasteiger partial charge in [0.2, 0.25) is 0 Å². The van der Waals surface area contributed by atoms with Crippen molar-refractivity contribution in [1.29, 1.82) is 0 Å². The van der Waals surface area contributed by atoms with Crippen molar-refractivity contribution in [3.05, 3.63) is 53.9 Å². The first-order chi connectivity index (χ1) is 13.5. The lowest BCUT2D eigenvalue weighted by atomic mass is 10.1. The number of benzene rings is 1. The van der Waals surface area contributed by atoms with E-state index >= 15 is 0 Å². The minimum absolute atomic E-state index is 0. The molecule has 1 fully saturated rings. The standard InChI is InChI=1S/C22H34N6.HI/c1-5-23-22(26-21-16-27(17(2)3)14-18(21)4)24-13-19-8-6-9-20(12-19)15-28-11-7-10-25-28;/h6-12,17-18,21H,5,13-16H2,1-4H3,(H2,23,24,26);1H. The van der Waals surface area contributed by atoms with E-state index in [1.54, 1.807) is 0 Å². The maximum atomic E-state index is 4.84. The SMILES string of the molecule is CCNC(=NCc1cccc(Cn2cccn2)c1)NC1CN(C(C)C)CC1C.I. The molecule has 6 nitrogen and oxygen atoms in total. The number of hydrogen-bond donors (Lipinski definition) is 2. The molecular formula is C22H35IN6. The van der Waals surface area contributed by atoms with E-state index in [0.29, 0.717) is 24.5 Å². The van der Waals surface area contributed by atoms with Crippen LogP contribution in [0.15, 0.2) is 47.7 Å². The predicted molar refractivity (Wildman–Crippen MR) is 131 cm³/mol. The number of nitrogens with zero attached hydrogens (tertiary/aromatic N) is 4. The summed E-state index contributed by atoms with van der Waals surface area (Å²) in [7, 11) is 0. The zero-order chi connectivity index (χ0) is 19.9. The Morgan fingerprint density at radius 1 is 1.24 bits per heavy atom. The van der Waals surface area contributed by atoms with Crippen LogP contribution in [-0.4, -0.2) is 52.4 Å². The predicted octanol–water partition coefficient (Wildman–Crippen LogP) is 3.33. The van der Waals surface area contributed by atoms with Crippen molar-refractivity contribution in [3.63, 3.8) is 0 Å². The van der Waals surface area contributed by atoms with Crippen LogP contribution in [0.3, 0.4) is 0 Å². The number of likely N-dealkylation sites (tertiary alicyclic amines) is 1. The van der Waals surface area contributed by atoms with E-state index in [1.165, 1.54) is 11.1 Å². The van der Waals surface area contributed by atoms with Crippen LogP contribution in [-0.2, 0) is 13.1 Å². The Labute approximate surface area is 192 Å². The summed E-state index contributed by atoms with van der Waals surface area (Å²) < 4.78 is 1.94. The summed E-state index contributed by atoms with van der Waals surface area (Å²) in [5, 5.41) is 11.3. The molecule has 1 aliphatic heterocycles. The van der Waals surface area contributed by atoms with Crippen LogP contribution >= 0.6 is 24.0 Å². The molecule has 2 atom stereocenters. The zero-order valence-electron chi connectivity index (χ0n) is 18.0. The topological polar surface area (TPSA) is 57.5 Å². The molecule has 1 saturated heterocycles. The van der Waals surface area contributed by atoms with Crippen LogP contribution in [0.5, 0.6) is 0 Å². The van der Waals surface area contributed by atoms with Crippen molar-refractivity contribution in [1.82, 2.24) is 25.3 Å². The average Bonchev–Trinajstić information content (AvgIpc) is 3.30. The normalized spacial score (nSPS) is 20.0. The van der Waals surface area contributed by atoms with E-state index in [9.17, 15) is 0 Å². The van der Waals surface area contributed by atoms with E-state index in [1.807, 2.05) is 23.1 Å². The van der Waals surface area contributed by atoms with Gasteiger partial charge in [0, 0.05) is 44.1 Å². The summed E-state index contributed by atoms with van der Waals surface area (Å²) in [6, 6.07) is 11.6. The Morgan fingerprint density at radius 3 is 2.69 bits per heavy atom. The number of halogens is 1. The van der Waals surface area contributed by atoms with Gasteiger partial charge in [0.05, 0.1) is 13.1 Å². The summed E-state index contributed by atoms with van der Waals surface area (Å²) in [4.78, 5) is 7.38. The van der Waals surface area contributed by atoms with Crippen LogP contribution in [0.1, 0.15) is 38.8 Å². The minimum Gasteiger partial charge on any atom is -0.357 e. The molecule has 1 aromatic heterocycles. The number of hydrogen-bond acceptors (Lipinski definition) is 3. The lowest BCUT2D eigenvalue weighted by molar-refractivity contribution is 0.265. The molecule has 7 heteroatoms. The summed E-state index contributed by atoms with van der Waals surface area (Å²) in [5.74, 6) is 1.52. The van der Waals surface area contributed by atoms with Gasteiger partial charge >= 0.3 is 0 Å². The fraction of sp³-hybridized carbons (Fsp3) is 0.545. The third kappa shape index (κ3) is 6.99. The van der Waals surface area contributed by atoms with Crippen molar-refractivity contribution < 1.29 is 0 Å². The van der Waals surface area contributed by atoms with Gasteiger partial charge in [-0.15, -0.1) is 24.0 Å². The van der Waals surface area contributed by atoms with Crippen LogP contribution < -0.4 is 10.6 Å². The second-order valence-electron chi connectivity index (χ2n) is 7.99. The van der Waals surface area contributed by atoms with Crippen molar-refractivity contribution in [3.8, 4) is 0 Å². The largest absolute Gasteiger partial charge is 0.357 e. The first-order valence-corrected chi connectivity index (χ1v) is 10.4. The van der Waals surface area contributed by atoms with E-state index in [-0.39, 0.29) is 24.0 Å². The van der Waals surface area contributed by atoms with Crippen molar-refractivity contribution in [2.45, 2.75) is 52.9 Å². The Hall–Kier alpha value is -1.61. The maximum absolute atomic E-state index is 4.84. The lowest BCUT2D eigenvalue weighted by Gasteiger charge is -2.22. The Morgan fingerprint density at radius 2 is 2.03 bits per heavy atom. The van der Waals surface area contributed by atoms with Gasteiger partial charge in [-0.05, 0) is 43.9 Å². The Bertz CT molecular complexity index is 758. The molecule has 2 aromatic rings. The number of guanidine groups is 1. The fourth-order valence-electron chi connectivity index (χ4n) is 3.69. The van der Waals surface area contributed by atoms with Crippen LogP contribution in [0.25, 0.3) is 0 Å². The van der Waals surface area contributed by atoms with Crippen LogP contribution in [0.4, 0.5) is 0 Å². The molecule has 0 saturated carbocycles. The highest BCUT2D eigenvalue weighted by Crippen LogP contribution is 2.18. The maximum Gasteiger partial charge on any atom is 0.191 e. The van der Waals surface area contributed by atoms with Gasteiger partial charge in [-0.3, -0.25) is 9.58 Å². The highest BCUT2D eigenvalue weighted by molar-refractivity contribution is 14.0. The Balaban J connectivity index is 0.00000300. The van der Waals surface area contributed by atoms with Crippen LogP contribution in [0, 0.1) is 5.92 Å². The summed E-state index contributed by atoms with van der Waals surface area (Å²) >= 11 is 0. The molecule has 3 rings (SSSR count). The summed E-state index contributed by atoms with van der Waals surface area (Å²) in [6.45, 7) is 13.5. The van der Waals surface area contributed by atoms with Crippen molar-refractivity contribution >= 4 is 29.9 Å². The molecule has 0 aliphatic carbocycles. The number of nitrogens with one attached hydrogen (secondary N) is 2. The molecule has 0 bridgehead atoms. The van der Waals surface area contributed by atoms with E-state index in [0.717, 1.165) is 32.1 Å². The molecule has 0 radical (unpaired) electrons. The van der Waals surface area contributed by atoms with Gasteiger partial charge in [-0.25, -0.2) is 4.99 Å². The van der Waals surface area contributed by atoms with Crippen molar-refractivity contribution in [2.75, 3.05) is 19.6 Å². The molecule has 0 amide bonds. The monoisotopic (exact) mass is 510 g/mol. The van der Waals surface area contributed by atoms with Crippen LogP contribution in [0.2, 0.25) is 0 Å². The van der Waals surface area contributed by atoms with E-state index in [2.05, 4.69) is 72.6 Å². The second-order valence-corrected chi connectivity index (χ2v) is 7.99. The summed E-state index contributed by atoms with van der Waals surface area (Å²) in [5.41, 5.74) is 2.46. The molecule has 1 aliphatic rings. The highest BCUT2D eigenvalue weighted by Gasteiger charge is 2.31. The van der Waals surface area contributed by atoms with Gasteiger partial charge in [-0.2, -0.15) is 5.10 Å². The molecule has 0 spiro atoms. The van der Waals surface area contributed by atoms with E-state index in [4.69, 9.17) is 4.99 Å². The molecule has 2 unspecified atom stereocenters. The van der Waals surface area contributed by atoms with Gasteiger partial charge in [0.15, 0.2) is 5.96 Å². The fourth-order valence-corrected chi connectivity index (χ4v) is 3.69. The highest BCUT2D eigenvalue weighted by atomic mass is 127. The number of rotatable bonds is 7. The molecular weight excluding hydrogens is 475 g/mol. The van der Waals surface area contributed by atoms with E-state index < -0.39 is 0 Å². The first-order valence-electron chi connectivity index (χ1n) is 10.4. The third-order valence-electron chi connectivity index (χ3n) is 5.35. The lowest BCUT2D eigenvalue weighted by Crippen LogP contribution is -2.46. The zero-order valence-corrected chi connectivity index (χ0v) is 20.3. The van der Waals surface area contributed by atoms with Gasteiger partial charge < -0.3 is 10.6 Å². The summed E-state index contributed by atoms with van der Waals surface area (Å²) in [6.07, 6.45) is 3.80. The molecule has 2 N–H and O–H groups in total. The smallest absolute Gasteiger partial charge is 0.191 e. The quantitative estimate of drug-likeness (QED) is 0.341. The van der Waals surface area contributed by atoms with Gasteiger partial charge in [0.1, 0.15) is 0 Å². The molecule has 1 aromatic carbocycles. The number of aromatic nitrogens is 2. The average molecular weight is 510 g/mol. The molecule has 2 heterocycles. The Kier molecular flexibility index (Phi) is 9.42. The molecule has 29 heavy (non-hydrogen) atoms. The van der Waals surface area contributed by atoms with Gasteiger partial charge in [-0.1, -0.05) is 31.2 Å². The van der Waals surface area contributed by atoms with Gasteiger partial charge in [0.25, 0.3) is 0 Å². The number of aliphatic imine (C=N–C) groups is 1. The molecule has 160 valence electrons. The minimum atomic E-state index is 0. The van der Waals surface area contributed by atoms with Crippen molar-refractivity contribution in [2.24, 2.45) is 10.9 Å².